The van der Waals surface area contributed by atoms with Crippen LogP contribution in [0.2, 0.25) is 0 Å². The number of aryl methyl sites for hydroxylation is 1. The number of carboxylic acid groups (broad SMARTS) is 1. The maximum Gasteiger partial charge on any atom is 0.335 e. The standard InChI is InChI=1S/C23H20N4O5/c1-13-10-15(5-6-16(13)23(29)30)25-22(28)17-12-21-24-9-8-18(27(21)26-17)14-4-7-19(31-2)20(11-14)32-3/h4-12H,1-3H3,(H,25,28)(H,29,30). The van der Waals surface area contributed by atoms with Crippen molar-refractivity contribution < 1.29 is 24.2 Å². The van der Waals surface area contributed by atoms with Gasteiger partial charge in [-0.3, -0.25) is 4.79 Å². The van der Waals surface area contributed by atoms with Gasteiger partial charge in [-0.25, -0.2) is 14.3 Å². The molecule has 0 unspecified atom stereocenters. The van der Waals surface area contributed by atoms with E-state index in [2.05, 4.69) is 15.4 Å². The van der Waals surface area contributed by atoms with Gasteiger partial charge in [0, 0.05) is 23.5 Å². The van der Waals surface area contributed by atoms with Gasteiger partial charge in [0.2, 0.25) is 0 Å². The zero-order valence-corrected chi connectivity index (χ0v) is 17.6. The van der Waals surface area contributed by atoms with Crippen molar-refractivity contribution in [2.45, 2.75) is 6.92 Å². The van der Waals surface area contributed by atoms with Crippen molar-refractivity contribution in [2.75, 3.05) is 19.5 Å². The monoisotopic (exact) mass is 432 g/mol. The average Bonchev–Trinajstić information content (AvgIpc) is 3.23. The minimum absolute atomic E-state index is 0.172. The van der Waals surface area contributed by atoms with Crippen LogP contribution in [0.3, 0.4) is 0 Å². The second-order valence-corrected chi connectivity index (χ2v) is 6.99. The highest BCUT2D eigenvalue weighted by atomic mass is 16.5. The summed E-state index contributed by atoms with van der Waals surface area (Å²) in [6, 6.07) is 13.4. The lowest BCUT2D eigenvalue weighted by Crippen LogP contribution is -2.13. The summed E-state index contributed by atoms with van der Waals surface area (Å²) in [5.41, 5.74) is 3.40. The molecule has 0 saturated carbocycles. The molecule has 0 saturated heterocycles. The van der Waals surface area contributed by atoms with E-state index < -0.39 is 11.9 Å². The molecule has 1 amide bonds. The van der Waals surface area contributed by atoms with Crippen LogP contribution in [0.25, 0.3) is 16.9 Å². The topological polar surface area (TPSA) is 115 Å². The minimum Gasteiger partial charge on any atom is -0.493 e. The number of nitrogens with zero attached hydrogens (tertiary/aromatic N) is 3. The number of hydrogen-bond acceptors (Lipinski definition) is 6. The summed E-state index contributed by atoms with van der Waals surface area (Å²) in [6.45, 7) is 1.67. The van der Waals surface area contributed by atoms with Gasteiger partial charge in [0.05, 0.1) is 25.5 Å². The third-order valence-electron chi connectivity index (χ3n) is 4.98. The molecule has 4 aromatic rings. The Hall–Kier alpha value is -4.40. The second-order valence-electron chi connectivity index (χ2n) is 6.99. The number of ether oxygens (including phenoxy) is 2. The maximum absolute atomic E-state index is 12.8. The first kappa shape index (κ1) is 20.9. The van der Waals surface area contributed by atoms with Gasteiger partial charge >= 0.3 is 5.97 Å². The van der Waals surface area contributed by atoms with Crippen molar-refractivity contribution >= 4 is 23.2 Å². The Kier molecular flexibility index (Phi) is 5.46. The molecule has 0 radical (unpaired) electrons. The summed E-state index contributed by atoms with van der Waals surface area (Å²) < 4.78 is 12.3. The summed E-state index contributed by atoms with van der Waals surface area (Å²) in [5.74, 6) is -0.280. The molecule has 0 atom stereocenters. The van der Waals surface area contributed by atoms with Gasteiger partial charge in [-0.1, -0.05) is 0 Å². The Morgan fingerprint density at radius 1 is 1.00 bits per heavy atom. The van der Waals surface area contributed by atoms with E-state index in [9.17, 15) is 9.59 Å². The molecule has 2 N–H and O–H groups in total. The molecule has 0 aliphatic heterocycles. The van der Waals surface area contributed by atoms with E-state index in [0.717, 1.165) is 11.3 Å². The number of carbonyl (C=O) groups is 2. The van der Waals surface area contributed by atoms with Crippen LogP contribution in [-0.4, -0.2) is 45.8 Å². The van der Waals surface area contributed by atoms with E-state index in [1.807, 2.05) is 12.1 Å². The van der Waals surface area contributed by atoms with E-state index in [1.54, 1.807) is 56.1 Å². The summed E-state index contributed by atoms with van der Waals surface area (Å²) >= 11 is 0. The zero-order chi connectivity index (χ0) is 22.8. The normalized spacial score (nSPS) is 10.7. The fraction of sp³-hybridized carbons (Fsp3) is 0.130. The van der Waals surface area contributed by atoms with Crippen LogP contribution in [-0.2, 0) is 0 Å². The number of fused-ring (bicyclic) bond motifs is 1. The third kappa shape index (κ3) is 3.83. The quantitative estimate of drug-likeness (QED) is 0.478. The van der Waals surface area contributed by atoms with E-state index in [4.69, 9.17) is 14.6 Å². The molecule has 32 heavy (non-hydrogen) atoms. The summed E-state index contributed by atoms with van der Waals surface area (Å²) in [5, 5.41) is 16.3. The number of aromatic nitrogens is 3. The molecule has 0 aliphatic carbocycles. The summed E-state index contributed by atoms with van der Waals surface area (Å²) in [7, 11) is 3.13. The van der Waals surface area contributed by atoms with Crippen molar-refractivity contribution in [3.8, 4) is 22.8 Å². The molecule has 2 aromatic carbocycles. The fourth-order valence-corrected chi connectivity index (χ4v) is 3.40. The van der Waals surface area contributed by atoms with Gasteiger partial charge in [0.15, 0.2) is 22.8 Å². The first-order chi connectivity index (χ1) is 15.4. The predicted octanol–water partition coefficient (Wildman–Crippen LogP) is 3.67. The highest BCUT2D eigenvalue weighted by Gasteiger charge is 2.16. The lowest BCUT2D eigenvalue weighted by Gasteiger charge is -2.10. The zero-order valence-electron chi connectivity index (χ0n) is 17.6. The smallest absolute Gasteiger partial charge is 0.335 e. The number of hydrogen-bond donors (Lipinski definition) is 2. The van der Waals surface area contributed by atoms with Gasteiger partial charge in [0.25, 0.3) is 5.91 Å². The summed E-state index contributed by atoms with van der Waals surface area (Å²) in [6.07, 6.45) is 1.64. The maximum atomic E-state index is 12.8. The van der Waals surface area contributed by atoms with Gasteiger partial charge in [-0.15, -0.1) is 0 Å². The number of rotatable bonds is 6. The number of carbonyl (C=O) groups excluding carboxylic acids is 1. The SMILES string of the molecule is COc1ccc(-c2ccnc3cc(C(=O)Nc4ccc(C(=O)O)c(C)c4)nn23)cc1OC. The molecule has 0 spiro atoms. The van der Waals surface area contributed by atoms with Crippen LogP contribution in [0.15, 0.2) is 54.7 Å². The third-order valence-corrected chi connectivity index (χ3v) is 4.98. The molecule has 0 aliphatic rings. The highest BCUT2D eigenvalue weighted by molar-refractivity contribution is 6.04. The van der Waals surface area contributed by atoms with E-state index in [0.29, 0.717) is 28.4 Å². The molecular weight excluding hydrogens is 412 g/mol. The van der Waals surface area contributed by atoms with Crippen molar-refractivity contribution in [3.63, 3.8) is 0 Å². The van der Waals surface area contributed by atoms with Crippen LogP contribution in [0.5, 0.6) is 11.5 Å². The number of nitrogens with one attached hydrogen (secondary N) is 1. The van der Waals surface area contributed by atoms with E-state index in [-0.39, 0.29) is 11.3 Å². The molecule has 162 valence electrons. The predicted molar refractivity (Wildman–Crippen MR) is 118 cm³/mol. The van der Waals surface area contributed by atoms with Gasteiger partial charge in [0.1, 0.15) is 0 Å². The van der Waals surface area contributed by atoms with Crippen LogP contribution < -0.4 is 14.8 Å². The lowest BCUT2D eigenvalue weighted by molar-refractivity contribution is 0.0696. The molecule has 2 aromatic heterocycles. The van der Waals surface area contributed by atoms with Crippen LogP contribution in [0, 0.1) is 6.92 Å². The van der Waals surface area contributed by atoms with Gasteiger partial charge < -0.3 is 19.9 Å². The number of anilines is 1. The largest absolute Gasteiger partial charge is 0.493 e. The van der Waals surface area contributed by atoms with Gasteiger partial charge in [-0.05, 0) is 55.0 Å². The number of amides is 1. The van der Waals surface area contributed by atoms with Crippen molar-refractivity contribution in [1.29, 1.82) is 0 Å². The number of aromatic carboxylic acids is 1. The van der Waals surface area contributed by atoms with E-state index >= 15 is 0 Å². The summed E-state index contributed by atoms with van der Waals surface area (Å²) in [4.78, 5) is 28.3. The molecule has 2 heterocycles. The number of carboxylic acids is 1. The molecule has 0 fully saturated rings. The van der Waals surface area contributed by atoms with Crippen molar-refractivity contribution in [2.24, 2.45) is 0 Å². The van der Waals surface area contributed by atoms with Crippen LogP contribution in [0.4, 0.5) is 5.69 Å². The number of methoxy groups -OCH3 is 2. The molecule has 0 bridgehead atoms. The molecular formula is C23H20N4O5. The highest BCUT2D eigenvalue weighted by Crippen LogP contribution is 2.32. The molecule has 4 rings (SSSR count). The van der Waals surface area contributed by atoms with Crippen LogP contribution in [0.1, 0.15) is 26.4 Å². The van der Waals surface area contributed by atoms with Crippen molar-refractivity contribution in [3.05, 3.63) is 71.5 Å². The second kappa shape index (κ2) is 8.38. The van der Waals surface area contributed by atoms with Crippen molar-refractivity contribution in [1.82, 2.24) is 14.6 Å². The minimum atomic E-state index is -1.02. The first-order valence-electron chi connectivity index (χ1n) is 9.63. The Labute approximate surface area is 183 Å². The molecule has 9 nitrogen and oxygen atoms in total. The van der Waals surface area contributed by atoms with E-state index in [1.165, 1.54) is 12.1 Å². The lowest BCUT2D eigenvalue weighted by atomic mass is 10.1. The Balaban J connectivity index is 1.67. The average molecular weight is 432 g/mol. The first-order valence-corrected chi connectivity index (χ1v) is 9.63. The molecule has 9 heteroatoms. The Morgan fingerprint density at radius 3 is 2.47 bits per heavy atom. The Morgan fingerprint density at radius 2 is 1.78 bits per heavy atom. The van der Waals surface area contributed by atoms with Crippen LogP contribution >= 0.6 is 0 Å². The van der Waals surface area contributed by atoms with Gasteiger partial charge in [-0.2, -0.15) is 5.10 Å². The Bertz CT molecular complexity index is 1350. The number of benzene rings is 2. The fourth-order valence-electron chi connectivity index (χ4n) is 3.40.